The molecule has 172 valence electrons. The largest absolute Gasteiger partial charge is 0.484 e. The van der Waals surface area contributed by atoms with Crippen LogP contribution in [0.4, 0.5) is 5.69 Å². The average Bonchev–Trinajstić information content (AvgIpc) is 3.49. The first-order chi connectivity index (χ1) is 16.7. The first kappa shape index (κ1) is 22.1. The molecule has 1 aromatic heterocycles. The summed E-state index contributed by atoms with van der Waals surface area (Å²) in [6, 6.07) is 22.2. The van der Waals surface area contributed by atoms with Gasteiger partial charge >= 0.3 is 0 Å². The van der Waals surface area contributed by atoms with Crippen LogP contribution in [-0.4, -0.2) is 33.2 Å². The molecule has 1 N–H and O–H groups in total. The van der Waals surface area contributed by atoms with E-state index in [9.17, 15) is 4.79 Å². The number of para-hydroxylation sites is 2. The zero-order chi connectivity index (χ0) is 23.3. The summed E-state index contributed by atoms with van der Waals surface area (Å²) in [5.41, 5.74) is 1.50. The van der Waals surface area contributed by atoms with E-state index in [2.05, 4.69) is 15.5 Å². The van der Waals surface area contributed by atoms with Crippen LogP contribution >= 0.6 is 23.4 Å². The monoisotopic (exact) mass is 494 g/mol. The van der Waals surface area contributed by atoms with Crippen molar-refractivity contribution in [1.82, 2.24) is 14.8 Å². The molecular formula is C24H19ClN4O4S. The molecule has 0 atom stereocenters. The maximum Gasteiger partial charge on any atom is 0.234 e. The Balaban J connectivity index is 1.30. The predicted octanol–water partition coefficient (Wildman–Crippen LogP) is 4.96. The normalized spacial score (nSPS) is 11.9. The third-order valence-corrected chi connectivity index (χ3v) is 6.14. The molecule has 0 saturated heterocycles. The van der Waals surface area contributed by atoms with Gasteiger partial charge in [0, 0.05) is 17.4 Å². The van der Waals surface area contributed by atoms with Crippen LogP contribution in [0.25, 0.3) is 5.69 Å². The van der Waals surface area contributed by atoms with Crippen molar-refractivity contribution in [1.29, 1.82) is 0 Å². The molecule has 0 unspecified atom stereocenters. The highest BCUT2D eigenvalue weighted by Crippen LogP contribution is 2.34. The topological polar surface area (TPSA) is 87.5 Å². The molecule has 1 aliphatic rings. The van der Waals surface area contributed by atoms with Crippen molar-refractivity contribution in [2.24, 2.45) is 0 Å². The number of nitrogens with one attached hydrogen (secondary N) is 1. The fourth-order valence-electron chi connectivity index (χ4n) is 3.33. The molecule has 8 nitrogen and oxygen atoms in total. The lowest BCUT2D eigenvalue weighted by Crippen LogP contribution is -2.14. The van der Waals surface area contributed by atoms with Gasteiger partial charge in [-0.05, 0) is 36.4 Å². The number of hydrogen-bond acceptors (Lipinski definition) is 7. The first-order valence-corrected chi connectivity index (χ1v) is 11.7. The first-order valence-electron chi connectivity index (χ1n) is 10.4. The predicted molar refractivity (Wildman–Crippen MR) is 129 cm³/mol. The number of aromatic nitrogens is 3. The molecule has 0 spiro atoms. The van der Waals surface area contributed by atoms with Crippen LogP contribution in [0.2, 0.25) is 5.02 Å². The van der Waals surface area contributed by atoms with Gasteiger partial charge in [0.2, 0.25) is 12.7 Å². The van der Waals surface area contributed by atoms with Crippen LogP contribution < -0.4 is 19.5 Å². The lowest BCUT2D eigenvalue weighted by atomic mass is 10.3. The number of anilines is 1. The second-order valence-electron chi connectivity index (χ2n) is 7.19. The van der Waals surface area contributed by atoms with Gasteiger partial charge in [0.05, 0.1) is 10.8 Å². The van der Waals surface area contributed by atoms with Crippen molar-refractivity contribution >= 4 is 35.0 Å². The molecule has 4 aromatic rings. The minimum Gasteiger partial charge on any atom is -0.484 e. The minimum atomic E-state index is -0.180. The Morgan fingerprint density at radius 3 is 2.68 bits per heavy atom. The molecule has 0 bridgehead atoms. The number of amides is 1. The summed E-state index contributed by atoms with van der Waals surface area (Å²) in [5.74, 6) is 2.38. The third kappa shape index (κ3) is 4.95. The molecule has 1 aliphatic heterocycles. The van der Waals surface area contributed by atoms with E-state index in [0.717, 1.165) is 5.69 Å². The fourth-order valence-corrected chi connectivity index (χ4v) is 4.29. The van der Waals surface area contributed by atoms with Crippen LogP contribution in [0.3, 0.4) is 0 Å². The summed E-state index contributed by atoms with van der Waals surface area (Å²) in [4.78, 5) is 12.6. The Labute approximate surface area is 204 Å². The highest BCUT2D eigenvalue weighted by Gasteiger charge is 2.18. The number of fused-ring (bicyclic) bond motifs is 1. The van der Waals surface area contributed by atoms with Crippen molar-refractivity contribution in [3.8, 4) is 22.9 Å². The molecular weight excluding hydrogens is 476 g/mol. The Morgan fingerprint density at radius 1 is 1.03 bits per heavy atom. The second kappa shape index (κ2) is 10.1. The summed E-state index contributed by atoms with van der Waals surface area (Å²) >= 11 is 7.48. The van der Waals surface area contributed by atoms with Crippen LogP contribution in [0.5, 0.6) is 17.2 Å². The standard InChI is InChI=1S/C24H19ClN4O4S/c25-18-8-4-5-9-19(18)31-13-22-27-28-24(29(22)17-6-2-1-3-7-17)34-14-23(30)26-16-10-11-20-21(12-16)33-15-32-20/h1-12H,13-15H2,(H,26,30). The van der Waals surface area contributed by atoms with E-state index in [0.29, 0.717) is 38.9 Å². The summed E-state index contributed by atoms with van der Waals surface area (Å²) in [6.07, 6.45) is 0. The van der Waals surface area contributed by atoms with Crippen molar-refractivity contribution in [3.63, 3.8) is 0 Å². The van der Waals surface area contributed by atoms with Crippen LogP contribution in [0, 0.1) is 0 Å². The van der Waals surface area contributed by atoms with Gasteiger partial charge in [-0.15, -0.1) is 10.2 Å². The number of benzene rings is 3. The number of hydrogen-bond donors (Lipinski definition) is 1. The number of rotatable bonds is 8. The Morgan fingerprint density at radius 2 is 1.82 bits per heavy atom. The van der Waals surface area contributed by atoms with Gasteiger partial charge < -0.3 is 19.5 Å². The number of nitrogens with zero attached hydrogens (tertiary/aromatic N) is 3. The van der Waals surface area contributed by atoms with E-state index in [-0.39, 0.29) is 25.1 Å². The van der Waals surface area contributed by atoms with E-state index in [1.165, 1.54) is 11.8 Å². The summed E-state index contributed by atoms with van der Waals surface area (Å²) in [5, 5.41) is 12.6. The Kier molecular flexibility index (Phi) is 6.55. The maximum absolute atomic E-state index is 12.6. The highest BCUT2D eigenvalue weighted by atomic mass is 35.5. The van der Waals surface area contributed by atoms with Gasteiger partial charge in [0.15, 0.2) is 22.5 Å². The van der Waals surface area contributed by atoms with E-state index < -0.39 is 0 Å². The highest BCUT2D eigenvalue weighted by molar-refractivity contribution is 7.99. The van der Waals surface area contributed by atoms with Crippen molar-refractivity contribution in [2.45, 2.75) is 11.8 Å². The van der Waals surface area contributed by atoms with E-state index in [1.807, 2.05) is 47.0 Å². The number of carbonyl (C=O) groups is 1. The zero-order valence-corrected chi connectivity index (χ0v) is 19.4. The van der Waals surface area contributed by atoms with Gasteiger partial charge in [0.1, 0.15) is 12.4 Å². The minimum absolute atomic E-state index is 0.144. The maximum atomic E-state index is 12.6. The van der Waals surface area contributed by atoms with Crippen molar-refractivity contribution in [2.75, 3.05) is 17.9 Å². The van der Waals surface area contributed by atoms with Crippen LogP contribution in [0.1, 0.15) is 5.82 Å². The Bertz CT molecular complexity index is 1320. The smallest absolute Gasteiger partial charge is 0.234 e. The lowest BCUT2D eigenvalue weighted by Gasteiger charge is -2.12. The summed E-state index contributed by atoms with van der Waals surface area (Å²) in [6.45, 7) is 0.343. The number of halogens is 1. The number of ether oxygens (including phenoxy) is 3. The molecule has 0 aliphatic carbocycles. The van der Waals surface area contributed by atoms with Gasteiger partial charge in [-0.1, -0.05) is 53.7 Å². The van der Waals surface area contributed by atoms with Gasteiger partial charge in [-0.2, -0.15) is 0 Å². The molecule has 0 saturated carbocycles. The van der Waals surface area contributed by atoms with E-state index >= 15 is 0 Å². The van der Waals surface area contributed by atoms with Crippen LogP contribution in [0.15, 0.2) is 78.0 Å². The van der Waals surface area contributed by atoms with Crippen molar-refractivity contribution in [3.05, 3.63) is 83.6 Å². The average molecular weight is 495 g/mol. The second-order valence-corrected chi connectivity index (χ2v) is 8.54. The molecule has 0 fully saturated rings. The molecule has 10 heteroatoms. The van der Waals surface area contributed by atoms with Gasteiger partial charge in [-0.3, -0.25) is 9.36 Å². The lowest BCUT2D eigenvalue weighted by molar-refractivity contribution is -0.113. The van der Waals surface area contributed by atoms with Gasteiger partial charge in [0.25, 0.3) is 0 Å². The number of thioether (sulfide) groups is 1. The quantitative estimate of drug-likeness (QED) is 0.346. The van der Waals surface area contributed by atoms with Crippen LogP contribution in [-0.2, 0) is 11.4 Å². The summed E-state index contributed by atoms with van der Waals surface area (Å²) in [7, 11) is 0. The molecule has 0 radical (unpaired) electrons. The SMILES string of the molecule is O=C(CSc1nnc(COc2ccccc2Cl)n1-c1ccccc1)Nc1ccc2c(c1)OCO2. The van der Waals surface area contributed by atoms with Crippen molar-refractivity contribution < 1.29 is 19.0 Å². The number of carbonyl (C=O) groups excluding carboxylic acids is 1. The van der Waals surface area contributed by atoms with Gasteiger partial charge in [-0.25, -0.2) is 0 Å². The third-order valence-electron chi connectivity index (χ3n) is 4.90. The fraction of sp³-hybridized carbons (Fsp3) is 0.125. The molecule has 5 rings (SSSR count). The molecule has 3 aromatic carbocycles. The Hall–Kier alpha value is -3.69. The molecule has 2 heterocycles. The van der Waals surface area contributed by atoms with E-state index in [4.69, 9.17) is 25.8 Å². The molecule has 1 amide bonds. The summed E-state index contributed by atoms with van der Waals surface area (Å²) < 4.78 is 18.4. The van der Waals surface area contributed by atoms with E-state index in [1.54, 1.807) is 30.3 Å². The molecule has 34 heavy (non-hydrogen) atoms. The zero-order valence-electron chi connectivity index (χ0n) is 17.8.